The molecule has 4 heteroatoms. The number of fused-ring (bicyclic) bond motifs is 1. The van der Waals surface area contributed by atoms with Crippen LogP contribution >= 0.6 is 22.6 Å². The Hall–Kier alpha value is -0.650. The van der Waals surface area contributed by atoms with Crippen molar-refractivity contribution in [2.45, 2.75) is 6.92 Å². The molecule has 0 aliphatic rings. The lowest BCUT2D eigenvalue weighted by atomic mass is 10.3. The minimum absolute atomic E-state index is 0.949. The highest BCUT2D eigenvalue weighted by molar-refractivity contribution is 14.1. The Labute approximate surface area is 77.4 Å². The molecule has 0 atom stereocenters. The van der Waals surface area contributed by atoms with E-state index < -0.39 is 0 Å². The van der Waals surface area contributed by atoms with Gasteiger partial charge in [0.1, 0.15) is 3.70 Å². The van der Waals surface area contributed by atoms with Crippen molar-refractivity contribution >= 4 is 33.5 Å². The summed E-state index contributed by atoms with van der Waals surface area (Å²) in [5.41, 5.74) is 2.04. The summed E-state index contributed by atoms with van der Waals surface area (Å²) < 4.78 is 0.949. The van der Waals surface area contributed by atoms with E-state index >= 15 is 0 Å². The lowest BCUT2D eigenvalue weighted by Gasteiger charge is -1.94. The Balaban J connectivity index is 2.96. The number of nitrogens with one attached hydrogen (secondary N) is 1. The molecular weight excluding hydrogens is 253 g/mol. The van der Waals surface area contributed by atoms with E-state index in [9.17, 15) is 0 Å². The zero-order chi connectivity index (χ0) is 7.84. The van der Waals surface area contributed by atoms with Gasteiger partial charge in [0.25, 0.3) is 0 Å². The molecule has 0 unspecified atom stereocenters. The van der Waals surface area contributed by atoms with Crippen molar-refractivity contribution in [3.05, 3.63) is 21.7 Å². The van der Waals surface area contributed by atoms with Gasteiger partial charge in [0.2, 0.25) is 0 Å². The molecular formula is C7H6IN3. The van der Waals surface area contributed by atoms with Crippen molar-refractivity contribution < 1.29 is 0 Å². The smallest absolute Gasteiger partial charge is 0.133 e. The first-order valence-corrected chi connectivity index (χ1v) is 4.33. The van der Waals surface area contributed by atoms with E-state index in [0.717, 1.165) is 20.3 Å². The lowest BCUT2D eigenvalue weighted by Crippen LogP contribution is -1.90. The first kappa shape index (κ1) is 7.02. The molecule has 0 amide bonds. The molecule has 2 heterocycles. The van der Waals surface area contributed by atoms with Crippen molar-refractivity contribution in [1.82, 2.24) is 15.2 Å². The van der Waals surface area contributed by atoms with Gasteiger partial charge in [0.05, 0.1) is 11.2 Å². The summed E-state index contributed by atoms with van der Waals surface area (Å²) in [6.45, 7) is 1.95. The number of hydrogen-bond acceptors (Lipinski definition) is 2. The minimum Gasteiger partial charge on any atom is -0.360 e. The van der Waals surface area contributed by atoms with Gasteiger partial charge in [-0.2, -0.15) is 5.10 Å². The molecule has 0 aromatic carbocycles. The number of aryl methyl sites for hydroxylation is 1. The highest BCUT2D eigenvalue weighted by Gasteiger charge is 2.03. The maximum Gasteiger partial charge on any atom is 0.133 e. The SMILES string of the molecule is Cc1nnc(I)c2cc[nH]c12. The van der Waals surface area contributed by atoms with Crippen LogP contribution in [0.3, 0.4) is 0 Å². The fraction of sp³-hybridized carbons (Fsp3) is 0.143. The number of rotatable bonds is 0. The number of aromatic nitrogens is 3. The van der Waals surface area contributed by atoms with Crippen LogP contribution in [0.2, 0.25) is 0 Å². The van der Waals surface area contributed by atoms with Gasteiger partial charge in [0.15, 0.2) is 0 Å². The van der Waals surface area contributed by atoms with Crippen molar-refractivity contribution in [3.8, 4) is 0 Å². The third-order valence-electron chi connectivity index (χ3n) is 1.62. The molecule has 0 saturated carbocycles. The Morgan fingerprint density at radius 2 is 2.27 bits per heavy atom. The molecule has 11 heavy (non-hydrogen) atoms. The third-order valence-corrected chi connectivity index (χ3v) is 2.42. The number of nitrogens with zero attached hydrogens (tertiary/aromatic N) is 2. The molecule has 1 N–H and O–H groups in total. The fourth-order valence-corrected chi connectivity index (χ4v) is 1.62. The average Bonchev–Trinajstić information content (AvgIpc) is 2.45. The molecule has 0 saturated heterocycles. The van der Waals surface area contributed by atoms with Gasteiger partial charge in [-0.3, -0.25) is 0 Å². The number of hydrogen-bond donors (Lipinski definition) is 1. The second kappa shape index (κ2) is 2.44. The zero-order valence-corrected chi connectivity index (χ0v) is 8.08. The summed E-state index contributed by atoms with van der Waals surface area (Å²) in [5, 5.41) is 9.14. The molecule has 0 spiro atoms. The Bertz CT molecular complexity index is 357. The Morgan fingerprint density at radius 3 is 3.00 bits per heavy atom. The van der Waals surface area contributed by atoms with Gasteiger partial charge in [-0.25, -0.2) is 0 Å². The van der Waals surface area contributed by atoms with E-state index in [-0.39, 0.29) is 0 Å². The van der Waals surface area contributed by atoms with E-state index in [1.54, 1.807) is 0 Å². The molecule has 0 bridgehead atoms. The van der Waals surface area contributed by atoms with Crippen molar-refractivity contribution in [1.29, 1.82) is 0 Å². The van der Waals surface area contributed by atoms with E-state index in [1.165, 1.54) is 0 Å². The van der Waals surface area contributed by atoms with Crippen molar-refractivity contribution in [2.24, 2.45) is 0 Å². The van der Waals surface area contributed by atoms with Crippen molar-refractivity contribution in [3.63, 3.8) is 0 Å². The molecule has 2 rings (SSSR count). The first-order valence-electron chi connectivity index (χ1n) is 3.25. The van der Waals surface area contributed by atoms with Crippen LogP contribution in [-0.4, -0.2) is 15.2 Å². The highest BCUT2D eigenvalue weighted by atomic mass is 127. The van der Waals surface area contributed by atoms with Gasteiger partial charge in [-0.05, 0) is 35.6 Å². The summed E-state index contributed by atoms with van der Waals surface area (Å²) in [4.78, 5) is 3.12. The predicted molar refractivity (Wildman–Crippen MR) is 51.3 cm³/mol. The quantitative estimate of drug-likeness (QED) is 0.734. The molecule has 0 fully saturated rings. The van der Waals surface area contributed by atoms with Gasteiger partial charge in [-0.15, -0.1) is 5.10 Å². The van der Waals surface area contributed by atoms with E-state index in [2.05, 4.69) is 37.8 Å². The predicted octanol–water partition coefficient (Wildman–Crippen LogP) is 1.87. The van der Waals surface area contributed by atoms with Crippen LogP contribution in [0.25, 0.3) is 10.9 Å². The summed E-state index contributed by atoms with van der Waals surface area (Å²) in [6.07, 6.45) is 1.91. The van der Waals surface area contributed by atoms with Gasteiger partial charge < -0.3 is 4.98 Å². The Kier molecular flexibility index (Phi) is 1.56. The molecule has 2 aromatic rings. The normalized spacial score (nSPS) is 10.7. The molecule has 0 aliphatic carbocycles. The van der Waals surface area contributed by atoms with Crippen LogP contribution in [0.15, 0.2) is 12.3 Å². The van der Waals surface area contributed by atoms with Crippen LogP contribution < -0.4 is 0 Å². The monoisotopic (exact) mass is 259 g/mol. The van der Waals surface area contributed by atoms with E-state index in [0.29, 0.717) is 0 Å². The number of H-pyrrole nitrogens is 1. The average molecular weight is 259 g/mol. The van der Waals surface area contributed by atoms with Gasteiger partial charge in [0, 0.05) is 11.6 Å². The second-order valence-corrected chi connectivity index (χ2v) is 3.36. The van der Waals surface area contributed by atoms with Crippen LogP contribution in [0.1, 0.15) is 5.69 Å². The molecule has 3 nitrogen and oxygen atoms in total. The van der Waals surface area contributed by atoms with Gasteiger partial charge >= 0.3 is 0 Å². The fourth-order valence-electron chi connectivity index (χ4n) is 1.06. The highest BCUT2D eigenvalue weighted by Crippen LogP contribution is 2.17. The van der Waals surface area contributed by atoms with Crippen molar-refractivity contribution in [2.75, 3.05) is 0 Å². The van der Waals surface area contributed by atoms with Crippen LogP contribution in [-0.2, 0) is 0 Å². The summed E-state index contributed by atoms with van der Waals surface area (Å²) >= 11 is 2.18. The summed E-state index contributed by atoms with van der Waals surface area (Å²) in [5.74, 6) is 0. The minimum atomic E-state index is 0.949. The maximum atomic E-state index is 4.00. The Morgan fingerprint density at radius 1 is 1.45 bits per heavy atom. The standard InChI is InChI=1S/C7H6IN3/c1-4-6-5(2-3-9-6)7(8)11-10-4/h2-3,9H,1H3. The number of halogens is 1. The number of aromatic amines is 1. The second-order valence-electron chi connectivity index (χ2n) is 2.34. The zero-order valence-electron chi connectivity index (χ0n) is 5.93. The molecule has 0 aliphatic heterocycles. The summed E-state index contributed by atoms with van der Waals surface area (Å²) in [6, 6.07) is 2.01. The van der Waals surface area contributed by atoms with Gasteiger partial charge in [-0.1, -0.05) is 0 Å². The largest absolute Gasteiger partial charge is 0.360 e. The van der Waals surface area contributed by atoms with Crippen LogP contribution in [0.5, 0.6) is 0 Å². The maximum absolute atomic E-state index is 4.00. The van der Waals surface area contributed by atoms with E-state index in [4.69, 9.17) is 0 Å². The van der Waals surface area contributed by atoms with Crippen LogP contribution in [0, 0.1) is 10.6 Å². The molecule has 2 aromatic heterocycles. The van der Waals surface area contributed by atoms with E-state index in [1.807, 2.05) is 19.2 Å². The van der Waals surface area contributed by atoms with Crippen LogP contribution in [0.4, 0.5) is 0 Å². The topological polar surface area (TPSA) is 41.6 Å². The lowest BCUT2D eigenvalue weighted by molar-refractivity contribution is 0.977. The third kappa shape index (κ3) is 1.01. The summed E-state index contributed by atoms with van der Waals surface area (Å²) in [7, 11) is 0. The molecule has 0 radical (unpaired) electrons. The first-order chi connectivity index (χ1) is 5.29. The molecule has 56 valence electrons.